The van der Waals surface area contributed by atoms with Crippen LogP contribution in [0.5, 0.6) is 0 Å². The van der Waals surface area contributed by atoms with E-state index in [9.17, 15) is 13.2 Å². The first kappa shape index (κ1) is 14.7. The minimum absolute atomic E-state index is 0.131. The molecule has 1 rings (SSSR count). The quantitative estimate of drug-likeness (QED) is 0.903. The molecule has 0 bridgehead atoms. The van der Waals surface area contributed by atoms with Crippen LogP contribution in [0.15, 0.2) is 12.1 Å². The van der Waals surface area contributed by atoms with E-state index in [1.807, 2.05) is 0 Å². The van der Waals surface area contributed by atoms with Crippen molar-refractivity contribution in [3.8, 4) is 0 Å². The van der Waals surface area contributed by atoms with Gasteiger partial charge in [0.25, 0.3) is 0 Å². The van der Waals surface area contributed by atoms with Crippen LogP contribution >= 0.6 is 0 Å². The van der Waals surface area contributed by atoms with E-state index in [-0.39, 0.29) is 5.41 Å². The predicted octanol–water partition coefficient (Wildman–Crippen LogP) is 3.59. The molecule has 0 amide bonds. The predicted molar refractivity (Wildman–Crippen MR) is 64.1 cm³/mol. The minimum Gasteiger partial charge on any atom is -0.368 e. The molecule has 1 aromatic heterocycles. The molecule has 0 aromatic carbocycles. The van der Waals surface area contributed by atoms with E-state index in [1.165, 1.54) is 6.07 Å². The average molecular weight is 261 g/mol. The maximum Gasteiger partial charge on any atom is 0.435 e. The highest BCUT2D eigenvalue weighted by Crippen LogP contribution is 2.28. The molecule has 1 N–H and O–H groups in total. The highest BCUT2D eigenvalue weighted by molar-refractivity contribution is 5.33. The van der Waals surface area contributed by atoms with Gasteiger partial charge in [-0.15, -0.1) is 10.2 Å². The Kier molecular flexibility index (Phi) is 4.19. The number of aromatic nitrogens is 2. The van der Waals surface area contributed by atoms with Gasteiger partial charge in [0, 0.05) is 6.54 Å². The van der Waals surface area contributed by atoms with Crippen LogP contribution in [0, 0.1) is 11.3 Å². The summed E-state index contributed by atoms with van der Waals surface area (Å²) in [5.41, 5.74) is -0.844. The van der Waals surface area contributed by atoms with Crippen LogP contribution < -0.4 is 5.32 Å². The van der Waals surface area contributed by atoms with Crippen molar-refractivity contribution in [1.82, 2.24) is 10.2 Å². The summed E-state index contributed by atoms with van der Waals surface area (Å²) in [6, 6.07) is 2.22. The smallest absolute Gasteiger partial charge is 0.368 e. The minimum atomic E-state index is -4.44. The Labute approximate surface area is 105 Å². The molecule has 1 unspecified atom stereocenters. The van der Waals surface area contributed by atoms with Gasteiger partial charge in [-0.05, 0) is 23.5 Å². The third-order valence-electron chi connectivity index (χ3n) is 3.02. The Balaban J connectivity index is 2.60. The van der Waals surface area contributed by atoms with Gasteiger partial charge in [-0.2, -0.15) is 13.2 Å². The molecule has 1 aromatic rings. The number of hydrogen-bond donors (Lipinski definition) is 1. The van der Waals surface area contributed by atoms with Gasteiger partial charge < -0.3 is 5.32 Å². The Morgan fingerprint density at radius 3 is 2.17 bits per heavy atom. The summed E-state index contributed by atoms with van der Waals surface area (Å²) in [4.78, 5) is 0. The van der Waals surface area contributed by atoms with Crippen molar-refractivity contribution in [2.75, 3.05) is 11.9 Å². The molecule has 1 atom stereocenters. The van der Waals surface area contributed by atoms with Gasteiger partial charge in [0.05, 0.1) is 0 Å². The van der Waals surface area contributed by atoms with Crippen molar-refractivity contribution in [2.24, 2.45) is 11.3 Å². The lowest BCUT2D eigenvalue weighted by atomic mass is 9.82. The fourth-order valence-electron chi connectivity index (χ4n) is 1.14. The zero-order valence-corrected chi connectivity index (χ0v) is 11.0. The Morgan fingerprint density at radius 2 is 1.78 bits per heavy atom. The molecule has 0 saturated heterocycles. The fraction of sp³-hybridized carbons (Fsp3) is 0.667. The molecule has 18 heavy (non-hydrogen) atoms. The van der Waals surface area contributed by atoms with E-state index in [0.29, 0.717) is 18.3 Å². The molecule has 0 aliphatic rings. The van der Waals surface area contributed by atoms with E-state index < -0.39 is 11.9 Å². The molecular formula is C12H18F3N3. The summed E-state index contributed by atoms with van der Waals surface area (Å²) >= 11 is 0. The average Bonchev–Trinajstić information content (AvgIpc) is 2.24. The largest absolute Gasteiger partial charge is 0.435 e. The van der Waals surface area contributed by atoms with Gasteiger partial charge in [0.2, 0.25) is 0 Å². The van der Waals surface area contributed by atoms with Crippen LogP contribution in [0.3, 0.4) is 0 Å². The maximum atomic E-state index is 12.3. The van der Waals surface area contributed by atoms with Gasteiger partial charge in [-0.25, -0.2) is 0 Å². The van der Waals surface area contributed by atoms with E-state index in [2.05, 4.69) is 43.2 Å². The molecule has 1 heterocycles. The third kappa shape index (κ3) is 4.16. The topological polar surface area (TPSA) is 37.8 Å². The lowest BCUT2D eigenvalue weighted by Crippen LogP contribution is -2.25. The van der Waals surface area contributed by atoms with Gasteiger partial charge in [-0.3, -0.25) is 0 Å². The fourth-order valence-corrected chi connectivity index (χ4v) is 1.14. The molecule has 3 nitrogen and oxygen atoms in total. The first-order valence-corrected chi connectivity index (χ1v) is 5.75. The van der Waals surface area contributed by atoms with E-state index in [1.54, 1.807) is 0 Å². The van der Waals surface area contributed by atoms with Crippen LogP contribution in [-0.2, 0) is 6.18 Å². The Bertz CT molecular complexity index is 379. The van der Waals surface area contributed by atoms with Gasteiger partial charge in [0.1, 0.15) is 5.82 Å². The number of halogens is 3. The monoisotopic (exact) mass is 261 g/mol. The van der Waals surface area contributed by atoms with Crippen LogP contribution in [-0.4, -0.2) is 16.7 Å². The molecule has 0 fully saturated rings. The standard InChI is InChI=1S/C12H18F3N3/c1-8(11(2,3)4)7-16-10-6-5-9(17-18-10)12(13,14)15/h5-6,8H,7H2,1-4H3,(H,16,18). The summed E-state index contributed by atoms with van der Waals surface area (Å²) in [6.45, 7) is 9.04. The van der Waals surface area contributed by atoms with E-state index >= 15 is 0 Å². The van der Waals surface area contributed by atoms with Crippen molar-refractivity contribution in [3.05, 3.63) is 17.8 Å². The first-order chi connectivity index (χ1) is 8.10. The molecule has 6 heteroatoms. The molecule has 0 aliphatic heterocycles. The van der Waals surface area contributed by atoms with Crippen molar-refractivity contribution < 1.29 is 13.2 Å². The van der Waals surface area contributed by atoms with Crippen molar-refractivity contribution in [2.45, 2.75) is 33.9 Å². The van der Waals surface area contributed by atoms with Crippen molar-refractivity contribution in [3.63, 3.8) is 0 Å². The third-order valence-corrected chi connectivity index (χ3v) is 3.02. The summed E-state index contributed by atoms with van der Waals surface area (Å²) in [5, 5.41) is 9.66. The van der Waals surface area contributed by atoms with E-state index in [0.717, 1.165) is 6.07 Å². The second-order valence-corrected chi connectivity index (χ2v) is 5.45. The number of rotatable bonds is 3. The molecule has 0 saturated carbocycles. The summed E-state index contributed by atoms with van der Waals surface area (Å²) < 4.78 is 36.8. The molecule has 0 radical (unpaired) electrons. The lowest BCUT2D eigenvalue weighted by Gasteiger charge is -2.27. The summed E-state index contributed by atoms with van der Waals surface area (Å²) in [7, 11) is 0. The number of hydrogen-bond acceptors (Lipinski definition) is 3. The number of nitrogens with zero attached hydrogens (tertiary/aromatic N) is 2. The highest BCUT2D eigenvalue weighted by Gasteiger charge is 2.32. The van der Waals surface area contributed by atoms with Crippen LogP contribution in [0.1, 0.15) is 33.4 Å². The first-order valence-electron chi connectivity index (χ1n) is 5.75. The van der Waals surface area contributed by atoms with Crippen molar-refractivity contribution in [1.29, 1.82) is 0 Å². The molecule has 0 spiro atoms. The molecular weight excluding hydrogens is 243 g/mol. The van der Waals surface area contributed by atoms with Crippen LogP contribution in [0.25, 0.3) is 0 Å². The normalized spacial score (nSPS) is 14.4. The summed E-state index contributed by atoms with van der Waals surface area (Å²) in [6.07, 6.45) is -4.44. The SMILES string of the molecule is CC(CNc1ccc(C(F)(F)F)nn1)C(C)(C)C. The second kappa shape index (κ2) is 5.12. The Morgan fingerprint density at radius 1 is 1.17 bits per heavy atom. The number of anilines is 1. The van der Waals surface area contributed by atoms with Crippen molar-refractivity contribution >= 4 is 5.82 Å². The Hall–Kier alpha value is -1.33. The van der Waals surface area contributed by atoms with Gasteiger partial charge >= 0.3 is 6.18 Å². The van der Waals surface area contributed by atoms with Gasteiger partial charge in [0.15, 0.2) is 5.69 Å². The maximum absolute atomic E-state index is 12.3. The van der Waals surface area contributed by atoms with Crippen LogP contribution in [0.4, 0.5) is 19.0 Å². The molecule has 0 aliphatic carbocycles. The van der Waals surface area contributed by atoms with Gasteiger partial charge in [-0.1, -0.05) is 27.7 Å². The zero-order chi connectivity index (χ0) is 14.0. The zero-order valence-electron chi connectivity index (χ0n) is 11.0. The van der Waals surface area contributed by atoms with Crippen LogP contribution in [0.2, 0.25) is 0 Å². The summed E-state index contributed by atoms with van der Waals surface area (Å²) in [5.74, 6) is 0.723. The lowest BCUT2D eigenvalue weighted by molar-refractivity contribution is -0.141. The molecule has 102 valence electrons. The van der Waals surface area contributed by atoms with E-state index in [4.69, 9.17) is 0 Å². The number of alkyl halides is 3. The second-order valence-electron chi connectivity index (χ2n) is 5.45. The number of nitrogens with one attached hydrogen (secondary N) is 1. The highest BCUT2D eigenvalue weighted by atomic mass is 19.4.